The Morgan fingerprint density at radius 2 is 1.56 bits per heavy atom. The van der Waals surface area contributed by atoms with Gasteiger partial charge in [0.2, 0.25) is 0 Å². The minimum Gasteiger partial charge on any atom is -0.457 e. The molecular formula is C14H10F3O. The maximum Gasteiger partial charge on any atom is 0.416 e. The van der Waals surface area contributed by atoms with Gasteiger partial charge < -0.3 is 4.74 Å². The summed E-state index contributed by atoms with van der Waals surface area (Å²) in [6.07, 6.45) is -4.36. The molecule has 0 bridgehead atoms. The molecule has 0 unspecified atom stereocenters. The molecule has 0 saturated heterocycles. The highest BCUT2D eigenvalue weighted by Crippen LogP contribution is 2.32. The molecule has 0 aliphatic rings. The first-order valence-corrected chi connectivity index (χ1v) is 5.22. The third-order valence-corrected chi connectivity index (χ3v) is 2.32. The molecule has 93 valence electrons. The Balaban J connectivity index is 2.22. The Bertz CT molecular complexity index is 529. The van der Waals surface area contributed by atoms with Gasteiger partial charge in [-0.25, -0.2) is 0 Å². The van der Waals surface area contributed by atoms with E-state index >= 15 is 0 Å². The third-order valence-electron chi connectivity index (χ3n) is 2.32. The Morgan fingerprint density at radius 1 is 0.889 bits per heavy atom. The molecular weight excluding hydrogens is 241 g/mol. The molecule has 0 spiro atoms. The van der Waals surface area contributed by atoms with Gasteiger partial charge >= 0.3 is 6.18 Å². The second-order valence-electron chi connectivity index (χ2n) is 3.77. The molecule has 1 nitrogen and oxygen atoms in total. The van der Waals surface area contributed by atoms with Gasteiger partial charge in [0.15, 0.2) is 0 Å². The van der Waals surface area contributed by atoms with Crippen molar-refractivity contribution in [1.29, 1.82) is 0 Å². The van der Waals surface area contributed by atoms with Crippen LogP contribution in [0.15, 0.2) is 48.5 Å². The molecule has 1 radical (unpaired) electrons. The van der Waals surface area contributed by atoms with Crippen molar-refractivity contribution in [1.82, 2.24) is 0 Å². The van der Waals surface area contributed by atoms with E-state index < -0.39 is 11.7 Å². The molecule has 18 heavy (non-hydrogen) atoms. The Hall–Kier alpha value is -1.97. The van der Waals surface area contributed by atoms with E-state index in [-0.39, 0.29) is 5.75 Å². The summed E-state index contributed by atoms with van der Waals surface area (Å²) in [4.78, 5) is 0. The zero-order chi connectivity index (χ0) is 13.2. The quantitative estimate of drug-likeness (QED) is 0.753. The van der Waals surface area contributed by atoms with Crippen molar-refractivity contribution in [3.05, 3.63) is 66.6 Å². The number of rotatable bonds is 2. The van der Waals surface area contributed by atoms with E-state index in [4.69, 9.17) is 4.74 Å². The largest absolute Gasteiger partial charge is 0.457 e. The molecule has 2 aromatic carbocycles. The van der Waals surface area contributed by atoms with Gasteiger partial charge in [-0.2, -0.15) is 13.2 Å². The minimum atomic E-state index is -4.36. The molecule has 0 aliphatic carbocycles. The number of alkyl halides is 3. The maximum absolute atomic E-state index is 12.5. The van der Waals surface area contributed by atoms with E-state index in [9.17, 15) is 13.2 Å². The highest BCUT2D eigenvalue weighted by molar-refractivity contribution is 5.36. The Kier molecular flexibility index (Phi) is 3.28. The van der Waals surface area contributed by atoms with Crippen LogP contribution in [-0.4, -0.2) is 0 Å². The van der Waals surface area contributed by atoms with Crippen molar-refractivity contribution < 1.29 is 17.9 Å². The van der Waals surface area contributed by atoms with Gasteiger partial charge in [0, 0.05) is 0 Å². The Morgan fingerprint density at radius 3 is 2.17 bits per heavy atom. The summed E-state index contributed by atoms with van der Waals surface area (Å²) in [7, 11) is 0. The number of benzene rings is 2. The number of hydrogen-bond donors (Lipinski definition) is 0. The number of hydrogen-bond acceptors (Lipinski definition) is 1. The molecule has 0 N–H and O–H groups in total. The average molecular weight is 251 g/mol. The summed E-state index contributed by atoms with van der Waals surface area (Å²) in [5.41, 5.74) is 0.0835. The summed E-state index contributed by atoms with van der Waals surface area (Å²) in [5, 5.41) is 0. The molecule has 2 rings (SSSR count). The van der Waals surface area contributed by atoms with Gasteiger partial charge in [0.1, 0.15) is 11.5 Å². The van der Waals surface area contributed by atoms with Crippen LogP contribution in [0.4, 0.5) is 13.2 Å². The summed E-state index contributed by atoms with van der Waals surface area (Å²) < 4.78 is 42.8. The average Bonchev–Trinajstić information content (AvgIpc) is 2.31. The van der Waals surface area contributed by atoms with Gasteiger partial charge in [0.25, 0.3) is 0 Å². The van der Waals surface area contributed by atoms with Gasteiger partial charge in [0.05, 0.1) is 5.56 Å². The van der Waals surface area contributed by atoms with Crippen LogP contribution in [0.1, 0.15) is 11.1 Å². The van der Waals surface area contributed by atoms with Gasteiger partial charge in [-0.1, -0.05) is 18.2 Å². The van der Waals surface area contributed by atoms with Crippen molar-refractivity contribution in [2.75, 3.05) is 0 Å². The first-order valence-electron chi connectivity index (χ1n) is 5.22. The van der Waals surface area contributed by atoms with Gasteiger partial charge in [-0.15, -0.1) is 0 Å². The molecule has 0 fully saturated rings. The van der Waals surface area contributed by atoms with Crippen LogP contribution in [0, 0.1) is 6.92 Å². The monoisotopic (exact) mass is 251 g/mol. The second-order valence-corrected chi connectivity index (χ2v) is 3.77. The maximum atomic E-state index is 12.5. The van der Waals surface area contributed by atoms with E-state index in [1.54, 1.807) is 24.3 Å². The van der Waals surface area contributed by atoms with Gasteiger partial charge in [-0.3, -0.25) is 0 Å². The van der Waals surface area contributed by atoms with Crippen LogP contribution >= 0.6 is 0 Å². The van der Waals surface area contributed by atoms with Crippen LogP contribution < -0.4 is 4.74 Å². The summed E-state index contributed by atoms with van der Waals surface area (Å²) in [6.45, 7) is 3.71. The SMILES string of the molecule is [CH2]c1ccc(Oc2cccc(C(F)(F)F)c2)cc1. The number of halogens is 3. The number of ether oxygens (including phenoxy) is 1. The predicted molar refractivity (Wildman–Crippen MR) is 62.4 cm³/mol. The van der Waals surface area contributed by atoms with E-state index in [2.05, 4.69) is 6.92 Å². The Labute approximate surface area is 103 Å². The summed E-state index contributed by atoms with van der Waals surface area (Å²) in [5.74, 6) is 0.628. The molecule has 2 aromatic rings. The van der Waals surface area contributed by atoms with Gasteiger partial charge in [-0.05, 0) is 42.8 Å². The lowest BCUT2D eigenvalue weighted by atomic mass is 10.2. The van der Waals surface area contributed by atoms with E-state index in [1.165, 1.54) is 12.1 Å². The smallest absolute Gasteiger partial charge is 0.416 e. The van der Waals surface area contributed by atoms with E-state index in [0.29, 0.717) is 5.75 Å². The summed E-state index contributed by atoms with van der Waals surface area (Å²) >= 11 is 0. The third kappa shape index (κ3) is 3.03. The van der Waals surface area contributed by atoms with Crippen molar-refractivity contribution in [2.24, 2.45) is 0 Å². The highest BCUT2D eigenvalue weighted by atomic mass is 19.4. The van der Waals surface area contributed by atoms with Crippen molar-refractivity contribution in [2.45, 2.75) is 6.18 Å². The molecule has 0 heterocycles. The molecule has 4 heteroatoms. The van der Waals surface area contributed by atoms with Crippen LogP contribution in [0.5, 0.6) is 11.5 Å². The standard InChI is InChI=1S/C14H10F3O/c1-10-5-7-12(8-6-10)18-13-4-2-3-11(9-13)14(15,16)17/h2-9H,1H2. The zero-order valence-electron chi connectivity index (χ0n) is 9.37. The molecule has 0 saturated carbocycles. The summed E-state index contributed by atoms with van der Waals surface area (Å²) in [6, 6.07) is 11.5. The second kappa shape index (κ2) is 4.72. The van der Waals surface area contributed by atoms with Crippen molar-refractivity contribution in [3.8, 4) is 11.5 Å². The normalized spacial score (nSPS) is 11.3. The van der Waals surface area contributed by atoms with Crippen LogP contribution in [0.25, 0.3) is 0 Å². The van der Waals surface area contributed by atoms with Crippen molar-refractivity contribution >= 4 is 0 Å². The molecule has 0 atom stereocenters. The fourth-order valence-corrected chi connectivity index (χ4v) is 1.43. The van der Waals surface area contributed by atoms with Crippen LogP contribution in [0.2, 0.25) is 0 Å². The fourth-order valence-electron chi connectivity index (χ4n) is 1.43. The first-order chi connectivity index (χ1) is 8.45. The van der Waals surface area contributed by atoms with Crippen molar-refractivity contribution in [3.63, 3.8) is 0 Å². The lowest BCUT2D eigenvalue weighted by Crippen LogP contribution is -2.04. The topological polar surface area (TPSA) is 9.23 Å². The molecule has 0 amide bonds. The van der Waals surface area contributed by atoms with Crippen LogP contribution in [0.3, 0.4) is 0 Å². The van der Waals surface area contributed by atoms with E-state index in [1.807, 2.05) is 0 Å². The van der Waals surface area contributed by atoms with E-state index in [0.717, 1.165) is 17.7 Å². The zero-order valence-corrected chi connectivity index (χ0v) is 9.37. The van der Waals surface area contributed by atoms with Crippen LogP contribution in [-0.2, 0) is 6.18 Å². The fraction of sp³-hybridized carbons (Fsp3) is 0.0714. The lowest BCUT2D eigenvalue weighted by molar-refractivity contribution is -0.137. The first kappa shape index (κ1) is 12.5. The molecule has 0 aromatic heterocycles. The lowest BCUT2D eigenvalue weighted by Gasteiger charge is -2.10. The predicted octanol–water partition coefficient (Wildman–Crippen LogP) is 4.68. The minimum absolute atomic E-state index is 0.154. The highest BCUT2D eigenvalue weighted by Gasteiger charge is 2.30. The molecule has 0 aliphatic heterocycles.